The van der Waals surface area contributed by atoms with Gasteiger partial charge in [0.25, 0.3) is 0 Å². The second-order valence-corrected chi connectivity index (χ2v) is 8.29. The summed E-state index contributed by atoms with van der Waals surface area (Å²) in [6.07, 6.45) is 0.273. The molecule has 30 heavy (non-hydrogen) atoms. The monoisotopic (exact) mass is 420 g/mol. The smallest absolute Gasteiger partial charge is 0.229 e. The van der Waals surface area contributed by atoms with Crippen LogP contribution in [0.15, 0.2) is 42.5 Å². The normalized spacial score (nSPS) is 11.1. The van der Waals surface area contributed by atoms with E-state index in [1.54, 1.807) is 16.0 Å². The summed E-state index contributed by atoms with van der Waals surface area (Å²) in [4.78, 5) is 17.4. The zero-order valence-corrected chi connectivity index (χ0v) is 18.3. The Morgan fingerprint density at radius 2 is 1.83 bits per heavy atom. The Labute approximate surface area is 179 Å². The molecule has 0 aliphatic carbocycles. The maximum absolute atomic E-state index is 12.6. The van der Waals surface area contributed by atoms with Crippen LogP contribution in [0.3, 0.4) is 0 Å². The predicted molar refractivity (Wildman–Crippen MR) is 121 cm³/mol. The van der Waals surface area contributed by atoms with Crippen LogP contribution in [0.2, 0.25) is 0 Å². The molecule has 0 bridgehead atoms. The Balaban J connectivity index is 1.55. The molecule has 154 valence electrons. The van der Waals surface area contributed by atoms with Crippen LogP contribution in [0.5, 0.6) is 5.75 Å². The van der Waals surface area contributed by atoms with Crippen LogP contribution in [0.1, 0.15) is 29.3 Å². The topological polar surface area (TPSA) is 69.0 Å². The quantitative estimate of drug-likeness (QED) is 0.477. The molecular formula is C23H24N4O2S. The first-order valence-electron chi connectivity index (χ1n) is 9.89. The summed E-state index contributed by atoms with van der Waals surface area (Å²) in [7, 11) is 0. The number of fused-ring (bicyclic) bond motifs is 1. The Kier molecular flexibility index (Phi) is 5.55. The molecule has 1 amide bonds. The summed E-state index contributed by atoms with van der Waals surface area (Å²) in [5, 5.41) is 8.26. The van der Waals surface area contributed by atoms with Crippen LogP contribution in [0.4, 0.5) is 5.82 Å². The van der Waals surface area contributed by atoms with E-state index in [2.05, 4.69) is 36.4 Å². The van der Waals surface area contributed by atoms with E-state index in [-0.39, 0.29) is 12.3 Å². The van der Waals surface area contributed by atoms with Crippen molar-refractivity contribution in [3.8, 4) is 10.9 Å². The Hall–Kier alpha value is -3.19. The first-order valence-corrected chi connectivity index (χ1v) is 10.7. The Morgan fingerprint density at radius 1 is 1.10 bits per heavy atom. The lowest BCUT2D eigenvalue weighted by molar-refractivity contribution is -0.115. The molecule has 0 fully saturated rings. The number of benzene rings is 2. The van der Waals surface area contributed by atoms with Gasteiger partial charge in [-0.25, -0.2) is 4.98 Å². The molecule has 1 N–H and O–H groups in total. The van der Waals surface area contributed by atoms with E-state index in [1.165, 1.54) is 11.1 Å². The van der Waals surface area contributed by atoms with Crippen molar-refractivity contribution in [1.82, 2.24) is 14.8 Å². The van der Waals surface area contributed by atoms with Crippen LogP contribution in [-0.4, -0.2) is 27.3 Å². The van der Waals surface area contributed by atoms with Crippen LogP contribution in [0, 0.1) is 20.8 Å². The van der Waals surface area contributed by atoms with Crippen molar-refractivity contribution in [2.75, 3.05) is 11.9 Å². The SMILES string of the molecule is CCOc1ccc(CC(=O)Nc2cc(C)nn2-c2nc3cc(C)c(C)cc3s2)cc1. The summed E-state index contributed by atoms with van der Waals surface area (Å²) >= 11 is 1.56. The average Bonchev–Trinajstić information content (AvgIpc) is 3.26. The highest BCUT2D eigenvalue weighted by Crippen LogP contribution is 2.29. The number of anilines is 1. The number of rotatable bonds is 6. The number of thiazole rings is 1. The number of amides is 1. The molecule has 2 aromatic carbocycles. The lowest BCUT2D eigenvalue weighted by Crippen LogP contribution is -2.17. The van der Waals surface area contributed by atoms with Crippen LogP contribution >= 0.6 is 11.3 Å². The minimum Gasteiger partial charge on any atom is -0.494 e. The van der Waals surface area contributed by atoms with Crippen molar-refractivity contribution in [2.24, 2.45) is 0 Å². The molecule has 0 atom stereocenters. The van der Waals surface area contributed by atoms with Crippen LogP contribution in [-0.2, 0) is 11.2 Å². The number of aromatic nitrogens is 3. The van der Waals surface area contributed by atoms with Gasteiger partial charge in [-0.15, -0.1) is 0 Å². The maximum Gasteiger partial charge on any atom is 0.229 e. The molecule has 2 aromatic heterocycles. The average molecular weight is 421 g/mol. The molecule has 0 unspecified atom stereocenters. The molecule has 2 heterocycles. The molecule has 0 spiro atoms. The summed E-state index contributed by atoms with van der Waals surface area (Å²) < 4.78 is 8.26. The van der Waals surface area contributed by atoms with Gasteiger partial charge in [-0.2, -0.15) is 9.78 Å². The number of carbonyl (C=O) groups excluding carboxylic acids is 1. The van der Waals surface area contributed by atoms with Crippen molar-refractivity contribution in [3.63, 3.8) is 0 Å². The number of hydrogen-bond acceptors (Lipinski definition) is 5. The number of nitrogens with one attached hydrogen (secondary N) is 1. The third-order valence-corrected chi connectivity index (χ3v) is 5.87. The number of hydrogen-bond donors (Lipinski definition) is 1. The van der Waals surface area contributed by atoms with E-state index < -0.39 is 0 Å². The van der Waals surface area contributed by atoms with Gasteiger partial charge < -0.3 is 10.1 Å². The van der Waals surface area contributed by atoms with Crippen molar-refractivity contribution >= 4 is 33.3 Å². The van der Waals surface area contributed by atoms with E-state index in [4.69, 9.17) is 9.72 Å². The van der Waals surface area contributed by atoms with Gasteiger partial charge in [-0.05, 0) is 68.7 Å². The van der Waals surface area contributed by atoms with Gasteiger partial charge in [0.15, 0.2) is 0 Å². The van der Waals surface area contributed by atoms with Crippen LogP contribution < -0.4 is 10.1 Å². The van der Waals surface area contributed by atoms with E-state index in [0.717, 1.165) is 32.4 Å². The molecule has 0 aliphatic heterocycles. The number of carbonyl (C=O) groups is 1. The van der Waals surface area contributed by atoms with E-state index in [9.17, 15) is 4.79 Å². The second-order valence-electron chi connectivity index (χ2n) is 7.29. The number of aryl methyl sites for hydroxylation is 3. The number of nitrogens with zero attached hydrogens (tertiary/aromatic N) is 3. The standard InChI is InChI=1S/C23H24N4O2S/c1-5-29-18-8-6-17(7-9-18)13-22(28)25-21-12-16(4)26-27(21)23-24-19-10-14(2)15(3)11-20(19)30-23/h6-12H,5,13H2,1-4H3,(H,25,28). The molecule has 0 saturated carbocycles. The van der Waals surface area contributed by atoms with Crippen molar-refractivity contribution < 1.29 is 9.53 Å². The maximum atomic E-state index is 12.6. The third kappa shape index (κ3) is 4.21. The Bertz CT molecular complexity index is 1170. The highest BCUT2D eigenvalue weighted by molar-refractivity contribution is 7.20. The van der Waals surface area contributed by atoms with Gasteiger partial charge in [-0.1, -0.05) is 23.5 Å². The molecule has 6 nitrogen and oxygen atoms in total. The van der Waals surface area contributed by atoms with Gasteiger partial charge in [-0.3, -0.25) is 4.79 Å². The number of ether oxygens (including phenoxy) is 1. The predicted octanol–water partition coefficient (Wildman–Crippen LogP) is 4.99. The fourth-order valence-corrected chi connectivity index (χ4v) is 4.25. The highest BCUT2D eigenvalue weighted by Gasteiger charge is 2.15. The third-order valence-electron chi connectivity index (χ3n) is 4.87. The Morgan fingerprint density at radius 3 is 2.57 bits per heavy atom. The molecule has 7 heteroatoms. The first-order chi connectivity index (χ1) is 14.4. The molecule has 0 radical (unpaired) electrons. The van der Waals surface area contributed by atoms with E-state index >= 15 is 0 Å². The summed E-state index contributed by atoms with van der Waals surface area (Å²) in [5.74, 6) is 1.32. The van der Waals surface area contributed by atoms with E-state index in [0.29, 0.717) is 12.4 Å². The second kappa shape index (κ2) is 8.28. The first kappa shape index (κ1) is 20.1. The van der Waals surface area contributed by atoms with Gasteiger partial charge >= 0.3 is 0 Å². The summed E-state index contributed by atoms with van der Waals surface area (Å²) in [5.41, 5.74) is 5.12. The molecule has 0 saturated heterocycles. The zero-order chi connectivity index (χ0) is 21.3. The summed E-state index contributed by atoms with van der Waals surface area (Å²) in [6.45, 7) is 8.64. The van der Waals surface area contributed by atoms with Crippen molar-refractivity contribution in [3.05, 3.63) is 64.8 Å². The fourth-order valence-electron chi connectivity index (χ4n) is 3.24. The van der Waals surface area contributed by atoms with Gasteiger partial charge in [0, 0.05) is 6.07 Å². The fraction of sp³-hybridized carbons (Fsp3) is 0.261. The minimum absolute atomic E-state index is 0.104. The highest BCUT2D eigenvalue weighted by atomic mass is 32.1. The lowest BCUT2D eigenvalue weighted by Gasteiger charge is -2.07. The van der Waals surface area contributed by atoms with Crippen molar-refractivity contribution in [2.45, 2.75) is 34.1 Å². The lowest BCUT2D eigenvalue weighted by atomic mass is 10.1. The van der Waals surface area contributed by atoms with Gasteiger partial charge in [0.05, 0.1) is 28.9 Å². The van der Waals surface area contributed by atoms with E-state index in [1.807, 2.05) is 44.2 Å². The van der Waals surface area contributed by atoms with Gasteiger partial charge in [0.2, 0.25) is 11.0 Å². The molecule has 4 rings (SSSR count). The van der Waals surface area contributed by atoms with Crippen LogP contribution in [0.25, 0.3) is 15.3 Å². The largest absolute Gasteiger partial charge is 0.494 e. The summed E-state index contributed by atoms with van der Waals surface area (Å²) in [6, 6.07) is 13.7. The van der Waals surface area contributed by atoms with Crippen molar-refractivity contribution in [1.29, 1.82) is 0 Å². The molecular weight excluding hydrogens is 396 g/mol. The van der Waals surface area contributed by atoms with Gasteiger partial charge in [0.1, 0.15) is 11.6 Å². The minimum atomic E-state index is -0.104. The molecule has 0 aliphatic rings. The zero-order valence-electron chi connectivity index (χ0n) is 17.5. The molecule has 4 aromatic rings.